The number of hydrogen-bond donors (Lipinski definition) is 1. The first-order valence-corrected chi connectivity index (χ1v) is 7.24. The molecule has 0 bridgehead atoms. The lowest BCUT2D eigenvalue weighted by atomic mass is 10.3. The Morgan fingerprint density at radius 3 is 2.75 bits per heavy atom. The summed E-state index contributed by atoms with van der Waals surface area (Å²) in [6, 6.07) is 2.98. The van der Waals surface area contributed by atoms with Gasteiger partial charge in [-0.25, -0.2) is 9.29 Å². The Balaban J connectivity index is 1.87. The fraction of sp³-hybridized carbons (Fsp3) is 0.182. The third-order valence-electron chi connectivity index (χ3n) is 2.95. The maximum absolute atomic E-state index is 12.2. The second-order valence-electron chi connectivity index (χ2n) is 4.28. The molecule has 1 aliphatic rings. The first kappa shape index (κ1) is 12.6. The van der Waals surface area contributed by atoms with Gasteiger partial charge in [0.2, 0.25) is 0 Å². The topological polar surface area (TPSA) is 111 Å². The third-order valence-corrected chi connectivity index (χ3v) is 4.69. The summed E-state index contributed by atoms with van der Waals surface area (Å²) in [6.07, 6.45) is 4.37. The van der Waals surface area contributed by atoms with Crippen LogP contribution in [0.3, 0.4) is 0 Å². The van der Waals surface area contributed by atoms with Gasteiger partial charge in [0.05, 0.1) is 30.5 Å². The van der Waals surface area contributed by atoms with Crippen LogP contribution in [0.25, 0.3) is 0 Å². The number of sulfonamides is 1. The zero-order valence-corrected chi connectivity index (χ0v) is 11.1. The summed E-state index contributed by atoms with van der Waals surface area (Å²) in [7, 11) is -3.86. The molecule has 0 saturated carbocycles. The molecular formula is C11H11N5O3S. The van der Waals surface area contributed by atoms with Gasteiger partial charge < -0.3 is 5.73 Å². The number of amides is 1. The Morgan fingerprint density at radius 1 is 1.30 bits per heavy atom. The average molecular weight is 293 g/mol. The quantitative estimate of drug-likeness (QED) is 0.832. The summed E-state index contributed by atoms with van der Waals surface area (Å²) >= 11 is 0. The minimum absolute atomic E-state index is 0.0152. The predicted octanol–water partition coefficient (Wildman–Crippen LogP) is -0.295. The van der Waals surface area contributed by atoms with Gasteiger partial charge in [-0.2, -0.15) is 13.5 Å². The summed E-state index contributed by atoms with van der Waals surface area (Å²) in [5, 5.41) is 3.75. The van der Waals surface area contributed by atoms with Crippen molar-refractivity contribution in [2.75, 3.05) is 12.3 Å². The molecule has 2 aromatic rings. The van der Waals surface area contributed by atoms with Crippen molar-refractivity contribution in [1.82, 2.24) is 19.1 Å². The molecule has 104 valence electrons. The molecular weight excluding hydrogens is 282 g/mol. The Hall–Kier alpha value is -2.42. The summed E-state index contributed by atoms with van der Waals surface area (Å²) in [6.45, 7) is 0.217. The van der Waals surface area contributed by atoms with E-state index in [1.54, 1.807) is 6.20 Å². The van der Waals surface area contributed by atoms with Gasteiger partial charge in [0.25, 0.3) is 15.9 Å². The van der Waals surface area contributed by atoms with E-state index in [4.69, 9.17) is 5.73 Å². The van der Waals surface area contributed by atoms with Crippen LogP contribution in [-0.2, 0) is 16.6 Å². The van der Waals surface area contributed by atoms with E-state index >= 15 is 0 Å². The molecule has 1 aliphatic heterocycles. The number of rotatable bonds is 3. The highest BCUT2D eigenvalue weighted by atomic mass is 32.2. The number of nitrogens with two attached hydrogens (primary N) is 1. The second kappa shape index (κ2) is 4.30. The predicted molar refractivity (Wildman–Crippen MR) is 69.1 cm³/mol. The van der Waals surface area contributed by atoms with E-state index in [-0.39, 0.29) is 23.7 Å². The van der Waals surface area contributed by atoms with E-state index < -0.39 is 15.9 Å². The van der Waals surface area contributed by atoms with Gasteiger partial charge in [-0.1, -0.05) is 0 Å². The Labute approximate surface area is 114 Å². The molecule has 1 amide bonds. The van der Waals surface area contributed by atoms with Crippen LogP contribution in [0.1, 0.15) is 10.4 Å². The molecule has 0 aromatic carbocycles. The van der Waals surface area contributed by atoms with Gasteiger partial charge in [-0.3, -0.25) is 9.48 Å². The first-order valence-electron chi connectivity index (χ1n) is 5.80. The van der Waals surface area contributed by atoms with Crippen LogP contribution in [0.5, 0.6) is 0 Å². The third kappa shape index (κ3) is 1.83. The molecule has 0 spiro atoms. The standard InChI is InChI=1S/C11H11N5O3S/c12-8-6-14-15(7-8)4-5-16-11(17)9-2-1-3-13-10(9)20(16,18)19/h1-3,6-7H,4-5,12H2. The van der Waals surface area contributed by atoms with Crippen molar-refractivity contribution in [2.45, 2.75) is 11.6 Å². The van der Waals surface area contributed by atoms with Crippen LogP contribution in [-0.4, -0.2) is 39.9 Å². The van der Waals surface area contributed by atoms with Crippen molar-refractivity contribution in [3.05, 3.63) is 36.3 Å². The molecule has 0 radical (unpaired) electrons. The van der Waals surface area contributed by atoms with Gasteiger partial charge in [-0.05, 0) is 12.1 Å². The van der Waals surface area contributed by atoms with Crippen LogP contribution in [0.2, 0.25) is 0 Å². The number of carbonyl (C=O) groups excluding carboxylic acids is 1. The van der Waals surface area contributed by atoms with Crippen molar-refractivity contribution in [3.63, 3.8) is 0 Å². The van der Waals surface area contributed by atoms with Gasteiger partial charge in [-0.15, -0.1) is 0 Å². The zero-order valence-electron chi connectivity index (χ0n) is 10.3. The Morgan fingerprint density at radius 2 is 2.10 bits per heavy atom. The minimum Gasteiger partial charge on any atom is -0.396 e. The van der Waals surface area contributed by atoms with E-state index in [1.165, 1.54) is 29.2 Å². The number of anilines is 1. The van der Waals surface area contributed by atoms with E-state index in [0.717, 1.165) is 4.31 Å². The summed E-state index contributed by atoms with van der Waals surface area (Å²) in [5.74, 6) is -0.562. The van der Waals surface area contributed by atoms with E-state index in [9.17, 15) is 13.2 Å². The largest absolute Gasteiger partial charge is 0.396 e. The zero-order chi connectivity index (χ0) is 14.3. The fourth-order valence-electron chi connectivity index (χ4n) is 2.02. The van der Waals surface area contributed by atoms with Crippen LogP contribution in [0.15, 0.2) is 35.7 Å². The van der Waals surface area contributed by atoms with Gasteiger partial charge in [0, 0.05) is 12.4 Å². The molecule has 0 unspecified atom stereocenters. The molecule has 2 N–H and O–H groups in total. The highest BCUT2D eigenvalue weighted by Crippen LogP contribution is 2.27. The Bertz CT molecular complexity index is 783. The first-order chi connectivity index (χ1) is 9.50. The molecule has 3 heterocycles. The summed E-state index contributed by atoms with van der Waals surface area (Å²) < 4.78 is 26.7. The van der Waals surface area contributed by atoms with Crippen LogP contribution in [0.4, 0.5) is 5.69 Å². The fourth-order valence-corrected chi connectivity index (χ4v) is 3.50. The normalized spacial score (nSPS) is 16.4. The minimum atomic E-state index is -3.86. The maximum atomic E-state index is 12.2. The molecule has 0 aliphatic carbocycles. The smallest absolute Gasteiger partial charge is 0.285 e. The lowest BCUT2D eigenvalue weighted by molar-refractivity contribution is 0.0867. The van der Waals surface area contributed by atoms with Gasteiger partial charge in [0.15, 0.2) is 5.03 Å². The van der Waals surface area contributed by atoms with Crippen molar-refractivity contribution >= 4 is 21.6 Å². The summed E-state index contributed by atoms with van der Waals surface area (Å²) in [4.78, 5) is 15.9. The number of fused-ring (bicyclic) bond motifs is 1. The Kier molecular flexibility index (Phi) is 2.71. The van der Waals surface area contributed by atoms with E-state index in [0.29, 0.717) is 5.69 Å². The highest BCUT2D eigenvalue weighted by Gasteiger charge is 2.42. The number of carbonyl (C=O) groups is 1. The average Bonchev–Trinajstić information content (AvgIpc) is 2.91. The van der Waals surface area contributed by atoms with Gasteiger partial charge in [0.1, 0.15) is 0 Å². The molecule has 9 heteroatoms. The molecule has 0 fully saturated rings. The van der Waals surface area contributed by atoms with E-state index in [2.05, 4.69) is 10.1 Å². The number of hydrogen-bond acceptors (Lipinski definition) is 6. The molecule has 0 saturated heterocycles. The van der Waals surface area contributed by atoms with Crippen LogP contribution >= 0.6 is 0 Å². The van der Waals surface area contributed by atoms with Crippen molar-refractivity contribution < 1.29 is 13.2 Å². The maximum Gasteiger partial charge on any atom is 0.285 e. The van der Waals surface area contributed by atoms with Crippen molar-refractivity contribution in [2.24, 2.45) is 0 Å². The lowest BCUT2D eigenvalue weighted by Gasteiger charge is -2.14. The SMILES string of the molecule is Nc1cnn(CCN2C(=O)c3cccnc3S2(=O)=O)c1. The number of pyridine rings is 1. The van der Waals surface area contributed by atoms with Crippen molar-refractivity contribution in [1.29, 1.82) is 0 Å². The van der Waals surface area contributed by atoms with Crippen LogP contribution < -0.4 is 5.73 Å². The molecule has 2 aromatic heterocycles. The molecule has 3 rings (SSSR count). The number of nitrogens with zero attached hydrogens (tertiary/aromatic N) is 4. The van der Waals surface area contributed by atoms with Crippen molar-refractivity contribution in [3.8, 4) is 0 Å². The number of aromatic nitrogens is 3. The second-order valence-corrected chi connectivity index (χ2v) is 6.05. The summed E-state index contributed by atoms with van der Waals surface area (Å²) in [5.41, 5.74) is 6.10. The molecule has 0 atom stereocenters. The van der Waals surface area contributed by atoms with Crippen LogP contribution in [0, 0.1) is 0 Å². The van der Waals surface area contributed by atoms with E-state index in [1.807, 2.05) is 0 Å². The monoisotopic (exact) mass is 293 g/mol. The van der Waals surface area contributed by atoms with Gasteiger partial charge >= 0.3 is 0 Å². The number of nitrogen functional groups attached to an aromatic ring is 1. The lowest BCUT2D eigenvalue weighted by Crippen LogP contribution is -2.33. The molecule has 8 nitrogen and oxygen atoms in total. The molecule has 20 heavy (non-hydrogen) atoms. The highest BCUT2D eigenvalue weighted by molar-refractivity contribution is 7.90.